The number of rotatable bonds is 6. The van der Waals surface area contributed by atoms with E-state index in [0.29, 0.717) is 36.9 Å². The van der Waals surface area contributed by atoms with E-state index in [1.54, 1.807) is 11.0 Å². The second-order valence-electron chi connectivity index (χ2n) is 4.76. The number of carbonyl (C=O) groups excluding carboxylic acids is 1. The van der Waals surface area contributed by atoms with E-state index in [9.17, 15) is 4.79 Å². The number of hydrogen-bond acceptors (Lipinski definition) is 3. The Morgan fingerprint density at radius 2 is 2.33 bits per heavy atom. The molecule has 1 saturated carbocycles. The molecule has 0 atom stereocenters. The molecule has 1 heterocycles. The number of nitrogens with two attached hydrogens (primary N) is 1. The lowest BCUT2D eigenvalue weighted by Gasteiger charge is -2.21. The summed E-state index contributed by atoms with van der Waals surface area (Å²) in [5.74, 6) is 0.00884. The van der Waals surface area contributed by atoms with Gasteiger partial charge in [0.1, 0.15) is 5.69 Å². The highest BCUT2D eigenvalue weighted by atomic mass is 16.3. The van der Waals surface area contributed by atoms with Gasteiger partial charge in [0, 0.05) is 31.9 Å². The van der Waals surface area contributed by atoms with Crippen LogP contribution in [0.5, 0.6) is 0 Å². The SMILES string of the molecule is CCN(CCCO)C(=O)c1cc(N)cn1C1CC1. The van der Waals surface area contributed by atoms with Crippen LogP contribution in [-0.2, 0) is 0 Å². The standard InChI is InChI=1S/C13H21N3O2/c1-2-15(6-3-7-17)13(18)12-8-10(14)9-16(12)11-4-5-11/h8-9,11,17H,2-7,14H2,1H3. The summed E-state index contributed by atoms with van der Waals surface area (Å²) < 4.78 is 2.00. The van der Waals surface area contributed by atoms with E-state index in [-0.39, 0.29) is 12.5 Å². The molecule has 1 amide bonds. The molecule has 2 rings (SSSR count). The number of aromatic nitrogens is 1. The lowest BCUT2D eigenvalue weighted by atomic mass is 10.3. The maximum atomic E-state index is 12.4. The molecule has 100 valence electrons. The van der Waals surface area contributed by atoms with Gasteiger partial charge < -0.3 is 20.3 Å². The van der Waals surface area contributed by atoms with Gasteiger partial charge in [-0.1, -0.05) is 0 Å². The smallest absolute Gasteiger partial charge is 0.270 e. The predicted octanol–water partition coefficient (Wildman–Crippen LogP) is 1.25. The first-order chi connectivity index (χ1) is 8.67. The third-order valence-electron chi connectivity index (χ3n) is 3.28. The van der Waals surface area contributed by atoms with E-state index in [1.807, 2.05) is 17.7 Å². The molecule has 0 unspecified atom stereocenters. The lowest BCUT2D eigenvalue weighted by molar-refractivity contribution is 0.0743. The molecule has 1 aromatic rings. The zero-order valence-electron chi connectivity index (χ0n) is 10.8. The minimum atomic E-state index is 0.00884. The van der Waals surface area contributed by atoms with Gasteiger partial charge in [0.25, 0.3) is 5.91 Å². The Hall–Kier alpha value is -1.49. The average Bonchev–Trinajstić information content (AvgIpc) is 3.13. The average molecular weight is 251 g/mol. The molecule has 0 radical (unpaired) electrons. The highest BCUT2D eigenvalue weighted by molar-refractivity contribution is 5.94. The Bertz CT molecular complexity index is 424. The molecule has 0 aliphatic heterocycles. The van der Waals surface area contributed by atoms with E-state index in [2.05, 4.69) is 0 Å². The fourth-order valence-electron chi connectivity index (χ4n) is 2.15. The highest BCUT2D eigenvalue weighted by Gasteiger charge is 2.29. The number of amides is 1. The van der Waals surface area contributed by atoms with Crippen molar-refractivity contribution in [2.45, 2.75) is 32.2 Å². The Labute approximate surface area is 107 Å². The zero-order chi connectivity index (χ0) is 13.1. The second kappa shape index (κ2) is 5.44. The summed E-state index contributed by atoms with van der Waals surface area (Å²) in [5.41, 5.74) is 7.11. The number of nitrogens with zero attached hydrogens (tertiary/aromatic N) is 2. The van der Waals surface area contributed by atoms with Gasteiger partial charge in [0.2, 0.25) is 0 Å². The number of hydrogen-bond donors (Lipinski definition) is 2. The van der Waals surface area contributed by atoms with Gasteiger partial charge in [-0.05, 0) is 32.3 Å². The third-order valence-corrected chi connectivity index (χ3v) is 3.28. The topological polar surface area (TPSA) is 71.5 Å². The van der Waals surface area contributed by atoms with Crippen molar-refractivity contribution in [3.8, 4) is 0 Å². The van der Waals surface area contributed by atoms with Crippen LogP contribution in [0.2, 0.25) is 0 Å². The Kier molecular flexibility index (Phi) is 3.91. The number of nitrogen functional groups attached to an aromatic ring is 1. The van der Waals surface area contributed by atoms with Crippen LogP contribution in [0.25, 0.3) is 0 Å². The van der Waals surface area contributed by atoms with Crippen LogP contribution in [-0.4, -0.2) is 40.2 Å². The van der Waals surface area contributed by atoms with Crippen molar-refractivity contribution in [2.75, 3.05) is 25.4 Å². The maximum Gasteiger partial charge on any atom is 0.270 e. The van der Waals surface area contributed by atoms with E-state index in [1.165, 1.54) is 0 Å². The van der Waals surface area contributed by atoms with E-state index in [4.69, 9.17) is 10.8 Å². The van der Waals surface area contributed by atoms with Crippen LogP contribution in [0.1, 0.15) is 42.7 Å². The Morgan fingerprint density at radius 3 is 2.89 bits per heavy atom. The zero-order valence-corrected chi connectivity index (χ0v) is 10.8. The highest BCUT2D eigenvalue weighted by Crippen LogP contribution is 2.37. The number of carbonyl (C=O) groups is 1. The van der Waals surface area contributed by atoms with Crippen LogP contribution >= 0.6 is 0 Å². The van der Waals surface area contributed by atoms with Crippen molar-refractivity contribution in [1.82, 2.24) is 9.47 Å². The third kappa shape index (κ3) is 2.67. The molecular formula is C13H21N3O2. The molecule has 5 heteroatoms. The normalized spacial score (nSPS) is 14.8. The largest absolute Gasteiger partial charge is 0.397 e. The summed E-state index contributed by atoms with van der Waals surface area (Å²) in [4.78, 5) is 14.2. The van der Waals surface area contributed by atoms with Crippen LogP contribution in [0.3, 0.4) is 0 Å². The molecule has 1 fully saturated rings. The summed E-state index contributed by atoms with van der Waals surface area (Å²) in [6.07, 6.45) is 4.71. The molecule has 1 aromatic heterocycles. The van der Waals surface area contributed by atoms with Gasteiger partial charge in [-0.25, -0.2) is 0 Å². The molecule has 18 heavy (non-hydrogen) atoms. The first-order valence-corrected chi connectivity index (χ1v) is 6.54. The van der Waals surface area contributed by atoms with Crippen LogP contribution < -0.4 is 5.73 Å². The second-order valence-corrected chi connectivity index (χ2v) is 4.76. The fraction of sp³-hybridized carbons (Fsp3) is 0.615. The quantitative estimate of drug-likeness (QED) is 0.799. The molecule has 0 bridgehead atoms. The van der Waals surface area contributed by atoms with E-state index in [0.717, 1.165) is 12.8 Å². The Balaban J connectivity index is 2.15. The van der Waals surface area contributed by atoms with Gasteiger partial charge in [-0.3, -0.25) is 4.79 Å². The number of aliphatic hydroxyl groups is 1. The van der Waals surface area contributed by atoms with Gasteiger partial charge in [-0.2, -0.15) is 0 Å². The molecule has 3 N–H and O–H groups in total. The lowest BCUT2D eigenvalue weighted by Crippen LogP contribution is -2.33. The van der Waals surface area contributed by atoms with Gasteiger partial charge >= 0.3 is 0 Å². The minimum Gasteiger partial charge on any atom is -0.397 e. The molecule has 1 aliphatic carbocycles. The van der Waals surface area contributed by atoms with Crippen molar-refractivity contribution in [1.29, 1.82) is 0 Å². The summed E-state index contributed by atoms with van der Waals surface area (Å²) in [6, 6.07) is 2.19. The summed E-state index contributed by atoms with van der Waals surface area (Å²) in [6.45, 7) is 3.29. The number of anilines is 1. The summed E-state index contributed by atoms with van der Waals surface area (Å²) in [5, 5.41) is 8.86. The maximum absolute atomic E-state index is 12.4. The van der Waals surface area contributed by atoms with Gasteiger partial charge in [0.15, 0.2) is 0 Å². The minimum absolute atomic E-state index is 0.00884. The van der Waals surface area contributed by atoms with Gasteiger partial charge in [0.05, 0.1) is 5.69 Å². The monoisotopic (exact) mass is 251 g/mol. The molecular weight excluding hydrogens is 230 g/mol. The van der Waals surface area contributed by atoms with E-state index >= 15 is 0 Å². The van der Waals surface area contributed by atoms with Crippen molar-refractivity contribution < 1.29 is 9.90 Å². The van der Waals surface area contributed by atoms with Crippen LogP contribution in [0, 0.1) is 0 Å². The van der Waals surface area contributed by atoms with Crippen molar-refractivity contribution in [3.05, 3.63) is 18.0 Å². The van der Waals surface area contributed by atoms with Crippen LogP contribution in [0.4, 0.5) is 5.69 Å². The molecule has 0 aromatic carbocycles. The first-order valence-electron chi connectivity index (χ1n) is 6.54. The Morgan fingerprint density at radius 1 is 1.61 bits per heavy atom. The molecule has 5 nitrogen and oxygen atoms in total. The van der Waals surface area contributed by atoms with Crippen molar-refractivity contribution >= 4 is 11.6 Å². The molecule has 0 saturated heterocycles. The van der Waals surface area contributed by atoms with Crippen molar-refractivity contribution in [3.63, 3.8) is 0 Å². The fourth-order valence-corrected chi connectivity index (χ4v) is 2.15. The van der Waals surface area contributed by atoms with Gasteiger partial charge in [-0.15, -0.1) is 0 Å². The van der Waals surface area contributed by atoms with E-state index < -0.39 is 0 Å². The summed E-state index contributed by atoms with van der Waals surface area (Å²) >= 11 is 0. The predicted molar refractivity (Wildman–Crippen MR) is 70.4 cm³/mol. The molecule has 1 aliphatic rings. The first kappa shape index (κ1) is 13.0. The molecule has 0 spiro atoms. The summed E-state index contributed by atoms with van der Waals surface area (Å²) in [7, 11) is 0. The van der Waals surface area contributed by atoms with Crippen molar-refractivity contribution in [2.24, 2.45) is 0 Å². The van der Waals surface area contributed by atoms with Crippen LogP contribution in [0.15, 0.2) is 12.3 Å². The number of aliphatic hydroxyl groups excluding tert-OH is 1.